The molecule has 0 aromatic heterocycles. The first kappa shape index (κ1) is 9.20. The number of carbonyl (C=O) groups excluding carboxylic acids is 1. The molecule has 0 saturated heterocycles. The largest absolute Gasteiger partial charge is 0.314 e. The Labute approximate surface area is 73.6 Å². The fraction of sp³-hybridized carbons (Fsp3) is 0.500. The van der Waals surface area contributed by atoms with Crippen molar-refractivity contribution in [2.24, 2.45) is 0 Å². The van der Waals surface area contributed by atoms with E-state index in [4.69, 9.17) is 0 Å². The average Bonchev–Trinajstić information content (AvgIpc) is 2.36. The molecule has 0 bridgehead atoms. The number of allylic oxidation sites excluding steroid dienone is 3. The Morgan fingerprint density at radius 3 is 2.58 bits per heavy atom. The van der Waals surface area contributed by atoms with Crippen molar-refractivity contribution in [2.75, 3.05) is 14.1 Å². The van der Waals surface area contributed by atoms with Gasteiger partial charge in [-0.1, -0.05) is 6.08 Å². The van der Waals surface area contributed by atoms with Gasteiger partial charge in [-0.3, -0.25) is 4.79 Å². The SMILES string of the molecule is C[NH+](C)/C=C/C=C1\CCCC1=O. The summed E-state index contributed by atoms with van der Waals surface area (Å²) >= 11 is 0. The summed E-state index contributed by atoms with van der Waals surface area (Å²) in [5, 5.41) is 0. The molecule has 1 aliphatic rings. The average molecular weight is 166 g/mol. The highest BCUT2D eigenvalue weighted by molar-refractivity contribution is 5.97. The van der Waals surface area contributed by atoms with Gasteiger partial charge in [0.25, 0.3) is 0 Å². The van der Waals surface area contributed by atoms with Crippen LogP contribution < -0.4 is 4.90 Å². The lowest BCUT2D eigenvalue weighted by molar-refractivity contribution is -0.801. The number of nitrogens with one attached hydrogen (secondary N) is 1. The minimum Gasteiger partial charge on any atom is -0.314 e. The minimum absolute atomic E-state index is 0.327. The van der Waals surface area contributed by atoms with Crippen molar-refractivity contribution in [1.29, 1.82) is 0 Å². The summed E-state index contributed by atoms with van der Waals surface area (Å²) in [6.07, 6.45) is 8.68. The maximum Gasteiger partial charge on any atom is 0.158 e. The highest BCUT2D eigenvalue weighted by Gasteiger charge is 2.15. The number of rotatable bonds is 2. The van der Waals surface area contributed by atoms with Crippen molar-refractivity contribution in [3.05, 3.63) is 23.9 Å². The van der Waals surface area contributed by atoms with Gasteiger partial charge in [0.15, 0.2) is 5.78 Å². The van der Waals surface area contributed by atoms with Crippen molar-refractivity contribution in [2.45, 2.75) is 19.3 Å². The minimum atomic E-state index is 0.327. The zero-order chi connectivity index (χ0) is 8.97. The Morgan fingerprint density at radius 2 is 2.08 bits per heavy atom. The van der Waals surface area contributed by atoms with Gasteiger partial charge in [0.2, 0.25) is 0 Å². The number of hydrogen-bond acceptors (Lipinski definition) is 1. The van der Waals surface area contributed by atoms with Gasteiger partial charge in [0.05, 0.1) is 20.3 Å². The molecule has 0 spiro atoms. The summed E-state index contributed by atoms with van der Waals surface area (Å²) < 4.78 is 0. The fourth-order valence-electron chi connectivity index (χ4n) is 1.27. The van der Waals surface area contributed by atoms with Crippen molar-refractivity contribution in [1.82, 2.24) is 0 Å². The molecule has 12 heavy (non-hydrogen) atoms. The fourth-order valence-corrected chi connectivity index (χ4v) is 1.27. The summed E-state index contributed by atoms with van der Waals surface area (Å²) in [6.45, 7) is 0. The van der Waals surface area contributed by atoms with Gasteiger partial charge in [-0.05, 0) is 24.5 Å². The third kappa shape index (κ3) is 2.62. The molecule has 1 fully saturated rings. The number of carbonyl (C=O) groups is 1. The zero-order valence-corrected chi connectivity index (χ0v) is 7.76. The van der Waals surface area contributed by atoms with E-state index in [9.17, 15) is 4.79 Å². The molecule has 0 unspecified atom stereocenters. The van der Waals surface area contributed by atoms with E-state index in [1.807, 2.05) is 32.4 Å². The molecule has 0 heterocycles. The quantitative estimate of drug-likeness (QED) is 0.586. The highest BCUT2D eigenvalue weighted by Crippen LogP contribution is 2.19. The Morgan fingerprint density at radius 1 is 1.33 bits per heavy atom. The lowest BCUT2D eigenvalue weighted by Gasteiger charge is -1.95. The van der Waals surface area contributed by atoms with E-state index in [2.05, 4.69) is 0 Å². The third-order valence-corrected chi connectivity index (χ3v) is 1.94. The molecule has 2 heteroatoms. The number of Topliss-reactive ketones (excluding diaryl/α,β-unsaturated/α-hetero) is 1. The van der Waals surface area contributed by atoms with Gasteiger partial charge in [-0.15, -0.1) is 0 Å². The number of quaternary nitrogens is 1. The van der Waals surface area contributed by atoms with E-state index in [1.165, 1.54) is 4.90 Å². The topological polar surface area (TPSA) is 21.5 Å². The lowest BCUT2D eigenvalue weighted by atomic mass is 10.2. The van der Waals surface area contributed by atoms with Gasteiger partial charge < -0.3 is 4.90 Å². The van der Waals surface area contributed by atoms with Crippen molar-refractivity contribution in [3.8, 4) is 0 Å². The first-order valence-corrected chi connectivity index (χ1v) is 4.41. The molecule has 2 nitrogen and oxygen atoms in total. The van der Waals surface area contributed by atoms with Crippen LogP contribution >= 0.6 is 0 Å². The van der Waals surface area contributed by atoms with Crippen LogP contribution in [0.5, 0.6) is 0 Å². The first-order valence-electron chi connectivity index (χ1n) is 4.41. The van der Waals surface area contributed by atoms with E-state index >= 15 is 0 Å². The van der Waals surface area contributed by atoms with Crippen LogP contribution in [0.3, 0.4) is 0 Å². The molecule has 1 saturated carbocycles. The predicted molar refractivity (Wildman–Crippen MR) is 48.9 cm³/mol. The standard InChI is InChI=1S/C10H15NO/c1-11(2)8-4-6-9-5-3-7-10(9)12/h4,6,8H,3,5,7H2,1-2H3/p+1/b8-4+,9-6+. The second kappa shape index (κ2) is 4.21. The molecule has 0 radical (unpaired) electrons. The van der Waals surface area contributed by atoms with E-state index in [0.29, 0.717) is 5.78 Å². The van der Waals surface area contributed by atoms with E-state index in [1.54, 1.807) is 0 Å². The molecule has 0 amide bonds. The lowest BCUT2D eigenvalue weighted by Crippen LogP contribution is -3.00. The Hall–Kier alpha value is -0.890. The van der Waals surface area contributed by atoms with E-state index < -0.39 is 0 Å². The molecule has 0 aromatic rings. The predicted octanol–water partition coefficient (Wildman–Crippen LogP) is 0.324. The van der Waals surface area contributed by atoms with Crippen LogP contribution in [0.15, 0.2) is 23.9 Å². The van der Waals surface area contributed by atoms with Gasteiger partial charge >= 0.3 is 0 Å². The molecule has 0 aliphatic heterocycles. The Balaban J connectivity index is 2.51. The molecule has 1 rings (SSSR count). The molecule has 1 N–H and O–H groups in total. The maximum atomic E-state index is 11.1. The van der Waals surface area contributed by atoms with Crippen LogP contribution in [0, 0.1) is 0 Å². The summed E-state index contributed by atoms with van der Waals surface area (Å²) in [7, 11) is 4.09. The summed E-state index contributed by atoms with van der Waals surface area (Å²) in [4.78, 5) is 12.4. The van der Waals surface area contributed by atoms with E-state index in [0.717, 1.165) is 24.8 Å². The van der Waals surface area contributed by atoms with Gasteiger partial charge in [-0.2, -0.15) is 0 Å². The molecule has 66 valence electrons. The summed E-state index contributed by atoms with van der Waals surface area (Å²) in [5.41, 5.74) is 0.993. The van der Waals surface area contributed by atoms with Crippen LogP contribution in [0.2, 0.25) is 0 Å². The van der Waals surface area contributed by atoms with Gasteiger partial charge in [0.1, 0.15) is 0 Å². The van der Waals surface area contributed by atoms with Crippen LogP contribution in [0.1, 0.15) is 19.3 Å². The second-order valence-corrected chi connectivity index (χ2v) is 3.41. The molecular formula is C10H16NO+. The van der Waals surface area contributed by atoms with Crippen LogP contribution in [0.4, 0.5) is 0 Å². The first-order chi connectivity index (χ1) is 5.70. The Bertz CT molecular complexity index is 226. The van der Waals surface area contributed by atoms with Crippen LogP contribution in [0.25, 0.3) is 0 Å². The van der Waals surface area contributed by atoms with Crippen LogP contribution in [-0.4, -0.2) is 19.9 Å². The molecule has 1 aliphatic carbocycles. The Kier molecular flexibility index (Phi) is 3.23. The monoisotopic (exact) mass is 166 g/mol. The highest BCUT2D eigenvalue weighted by atomic mass is 16.1. The maximum absolute atomic E-state index is 11.1. The van der Waals surface area contributed by atoms with E-state index in [-0.39, 0.29) is 0 Å². The van der Waals surface area contributed by atoms with Crippen molar-refractivity contribution >= 4 is 5.78 Å². The third-order valence-electron chi connectivity index (χ3n) is 1.94. The van der Waals surface area contributed by atoms with Gasteiger partial charge in [-0.25, -0.2) is 0 Å². The second-order valence-electron chi connectivity index (χ2n) is 3.41. The van der Waals surface area contributed by atoms with Gasteiger partial charge in [0, 0.05) is 6.42 Å². The molecular weight excluding hydrogens is 150 g/mol. The molecule has 0 atom stereocenters. The van der Waals surface area contributed by atoms with Crippen molar-refractivity contribution in [3.63, 3.8) is 0 Å². The zero-order valence-electron chi connectivity index (χ0n) is 7.76. The molecule has 0 aromatic carbocycles. The normalized spacial score (nSPS) is 21.9. The summed E-state index contributed by atoms with van der Waals surface area (Å²) in [5.74, 6) is 0.327. The number of hydrogen-bond donors (Lipinski definition) is 1. The van der Waals surface area contributed by atoms with Crippen LogP contribution in [-0.2, 0) is 4.79 Å². The van der Waals surface area contributed by atoms with Crippen molar-refractivity contribution < 1.29 is 9.69 Å². The smallest absolute Gasteiger partial charge is 0.158 e. The summed E-state index contributed by atoms with van der Waals surface area (Å²) in [6, 6.07) is 0. The number of ketones is 1.